The minimum Gasteiger partial charge on any atom is -0.493 e. The van der Waals surface area contributed by atoms with Crippen LogP contribution >= 0.6 is 0 Å². The van der Waals surface area contributed by atoms with E-state index in [4.69, 9.17) is 18.9 Å². The van der Waals surface area contributed by atoms with E-state index in [1.54, 1.807) is 37.3 Å². The highest BCUT2D eigenvalue weighted by molar-refractivity contribution is 6.35. The maximum absolute atomic E-state index is 13.6. The number of carbonyl (C=O) groups is 2. The number of benzene rings is 2. The average Bonchev–Trinajstić information content (AvgIpc) is 3.46. The standard InChI is InChI=1S/C27H32N2O7/c1-33-23-13-17(14-24(34-2)25(23)35-3)12-20-19-8-5-6-9-21(19)29(26(20)31)16-18(30)15-28-11-7-10-22(28)27(32)36-4/h5-6,8-9,12-14,18,22,30H,7,10-11,15-16H2,1-4H3/b20-12-/t18-,22-/m1/s1. The molecule has 0 saturated carbocycles. The molecule has 2 aromatic carbocycles. The van der Waals surface area contributed by atoms with Crippen molar-refractivity contribution in [2.24, 2.45) is 0 Å². The van der Waals surface area contributed by atoms with Gasteiger partial charge in [-0.2, -0.15) is 0 Å². The summed E-state index contributed by atoms with van der Waals surface area (Å²) < 4.78 is 21.2. The Morgan fingerprint density at radius 1 is 1.08 bits per heavy atom. The molecule has 2 aromatic rings. The number of amides is 1. The zero-order valence-electron chi connectivity index (χ0n) is 21.0. The summed E-state index contributed by atoms with van der Waals surface area (Å²) in [5, 5.41) is 10.9. The molecule has 36 heavy (non-hydrogen) atoms. The van der Waals surface area contributed by atoms with Crippen LogP contribution in [-0.4, -0.2) is 82.1 Å². The molecule has 2 atom stereocenters. The molecule has 2 aliphatic rings. The Balaban J connectivity index is 1.60. The number of likely N-dealkylation sites (tertiary alicyclic amines) is 1. The lowest BCUT2D eigenvalue weighted by atomic mass is 10.0. The topological polar surface area (TPSA) is 97.8 Å². The van der Waals surface area contributed by atoms with Gasteiger partial charge in [0.2, 0.25) is 5.75 Å². The van der Waals surface area contributed by atoms with Crippen molar-refractivity contribution in [2.75, 3.05) is 53.0 Å². The predicted octanol–water partition coefficient (Wildman–Crippen LogP) is 2.60. The summed E-state index contributed by atoms with van der Waals surface area (Å²) in [5.74, 6) is 0.936. The van der Waals surface area contributed by atoms with E-state index in [0.717, 1.165) is 17.7 Å². The molecule has 2 aliphatic heterocycles. The third kappa shape index (κ3) is 4.89. The molecule has 9 heteroatoms. The lowest BCUT2D eigenvalue weighted by Gasteiger charge is -2.27. The number of carbonyl (C=O) groups excluding carboxylic acids is 2. The van der Waals surface area contributed by atoms with E-state index in [9.17, 15) is 14.7 Å². The molecule has 0 unspecified atom stereocenters. The van der Waals surface area contributed by atoms with Crippen molar-refractivity contribution < 1.29 is 33.6 Å². The highest BCUT2D eigenvalue weighted by Crippen LogP contribution is 2.41. The van der Waals surface area contributed by atoms with Crippen LogP contribution in [0.15, 0.2) is 36.4 Å². The Morgan fingerprint density at radius 2 is 1.78 bits per heavy atom. The zero-order valence-corrected chi connectivity index (χ0v) is 21.0. The van der Waals surface area contributed by atoms with Crippen molar-refractivity contribution >= 4 is 29.2 Å². The fraction of sp³-hybridized carbons (Fsp3) is 0.407. The molecule has 0 bridgehead atoms. The first kappa shape index (κ1) is 25.5. The molecule has 1 amide bonds. The second kappa shape index (κ2) is 11.0. The normalized spacial score (nSPS) is 19.4. The number of aliphatic hydroxyl groups is 1. The Kier molecular flexibility index (Phi) is 7.81. The van der Waals surface area contributed by atoms with E-state index in [0.29, 0.717) is 41.4 Å². The second-order valence-electron chi connectivity index (χ2n) is 8.78. The van der Waals surface area contributed by atoms with Crippen LogP contribution in [0.25, 0.3) is 11.6 Å². The van der Waals surface area contributed by atoms with Crippen molar-refractivity contribution in [1.82, 2.24) is 4.90 Å². The summed E-state index contributed by atoms with van der Waals surface area (Å²) in [4.78, 5) is 29.1. The van der Waals surface area contributed by atoms with Gasteiger partial charge in [-0.1, -0.05) is 18.2 Å². The molecule has 9 nitrogen and oxygen atoms in total. The highest BCUT2D eigenvalue weighted by atomic mass is 16.5. The monoisotopic (exact) mass is 496 g/mol. The molecule has 0 radical (unpaired) electrons. The molecule has 1 fully saturated rings. The third-order valence-electron chi connectivity index (χ3n) is 6.63. The largest absolute Gasteiger partial charge is 0.493 e. The van der Waals surface area contributed by atoms with Crippen molar-refractivity contribution in [1.29, 1.82) is 0 Å². The van der Waals surface area contributed by atoms with Gasteiger partial charge < -0.3 is 29.0 Å². The van der Waals surface area contributed by atoms with Gasteiger partial charge in [0.1, 0.15) is 6.04 Å². The van der Waals surface area contributed by atoms with Crippen LogP contribution in [0, 0.1) is 0 Å². The van der Waals surface area contributed by atoms with Crippen molar-refractivity contribution in [2.45, 2.75) is 25.0 Å². The molecule has 0 aliphatic carbocycles. The van der Waals surface area contributed by atoms with Crippen LogP contribution in [0.1, 0.15) is 24.0 Å². The van der Waals surface area contributed by atoms with Gasteiger partial charge in [0, 0.05) is 17.7 Å². The predicted molar refractivity (Wildman–Crippen MR) is 135 cm³/mol. The molecule has 1 saturated heterocycles. The molecular weight excluding hydrogens is 464 g/mol. The minimum atomic E-state index is -0.840. The summed E-state index contributed by atoms with van der Waals surface area (Å²) >= 11 is 0. The Morgan fingerprint density at radius 3 is 2.42 bits per heavy atom. The maximum Gasteiger partial charge on any atom is 0.323 e. The Bertz CT molecular complexity index is 1140. The number of hydrogen-bond acceptors (Lipinski definition) is 8. The van der Waals surface area contributed by atoms with E-state index in [-0.39, 0.29) is 31.0 Å². The van der Waals surface area contributed by atoms with Gasteiger partial charge in [-0.05, 0) is 49.2 Å². The number of esters is 1. The SMILES string of the molecule is COC(=O)[C@H]1CCCN1C[C@@H](O)CN1C(=O)/C(=C\c2cc(OC)c(OC)c(OC)c2)c2ccccc21. The molecular formula is C27H32N2O7. The first-order valence-corrected chi connectivity index (χ1v) is 11.8. The number of β-amino-alcohol motifs (C(OH)–C–C–N with tert-alkyl or cyclic N) is 1. The second-order valence-corrected chi connectivity index (χ2v) is 8.78. The van der Waals surface area contributed by atoms with Gasteiger partial charge in [0.05, 0.1) is 46.8 Å². The van der Waals surface area contributed by atoms with E-state index in [1.807, 2.05) is 29.2 Å². The highest BCUT2D eigenvalue weighted by Gasteiger charge is 2.36. The number of fused-ring (bicyclic) bond motifs is 1. The molecule has 192 valence electrons. The molecule has 4 rings (SSSR count). The first-order chi connectivity index (χ1) is 17.4. The van der Waals surface area contributed by atoms with Crippen molar-refractivity contribution in [3.05, 3.63) is 47.5 Å². The van der Waals surface area contributed by atoms with Gasteiger partial charge in [-0.15, -0.1) is 0 Å². The van der Waals surface area contributed by atoms with Crippen molar-refractivity contribution in [3.8, 4) is 17.2 Å². The number of anilines is 1. The molecule has 0 aromatic heterocycles. The van der Waals surface area contributed by atoms with Crippen LogP contribution in [0.3, 0.4) is 0 Å². The lowest BCUT2D eigenvalue weighted by molar-refractivity contribution is -0.146. The Labute approximate surface area is 210 Å². The number of hydrogen-bond donors (Lipinski definition) is 1. The summed E-state index contributed by atoms with van der Waals surface area (Å²) in [6.07, 6.45) is 2.51. The van der Waals surface area contributed by atoms with E-state index in [1.165, 1.54) is 14.2 Å². The number of para-hydroxylation sites is 1. The number of rotatable bonds is 9. The van der Waals surface area contributed by atoms with E-state index in [2.05, 4.69) is 0 Å². The lowest BCUT2D eigenvalue weighted by Crippen LogP contribution is -2.45. The van der Waals surface area contributed by atoms with Gasteiger partial charge in [0.25, 0.3) is 5.91 Å². The molecule has 1 N–H and O–H groups in total. The van der Waals surface area contributed by atoms with Gasteiger partial charge >= 0.3 is 5.97 Å². The fourth-order valence-electron chi connectivity index (χ4n) is 4.97. The minimum absolute atomic E-state index is 0.104. The Hall–Kier alpha value is -3.56. The van der Waals surface area contributed by atoms with Crippen molar-refractivity contribution in [3.63, 3.8) is 0 Å². The number of nitrogens with zero attached hydrogens (tertiary/aromatic N) is 2. The van der Waals surface area contributed by atoms with E-state index < -0.39 is 6.10 Å². The van der Waals surface area contributed by atoms with Crippen LogP contribution in [0.4, 0.5) is 5.69 Å². The van der Waals surface area contributed by atoms with Crippen LogP contribution in [-0.2, 0) is 14.3 Å². The zero-order chi connectivity index (χ0) is 25.8. The van der Waals surface area contributed by atoms with Gasteiger partial charge in [0.15, 0.2) is 11.5 Å². The molecule has 2 heterocycles. The number of methoxy groups -OCH3 is 4. The summed E-state index contributed by atoms with van der Waals surface area (Å²) in [7, 11) is 5.99. The fourth-order valence-corrected chi connectivity index (χ4v) is 4.97. The van der Waals surface area contributed by atoms with Gasteiger partial charge in [-0.25, -0.2) is 0 Å². The third-order valence-corrected chi connectivity index (χ3v) is 6.63. The first-order valence-electron chi connectivity index (χ1n) is 11.8. The van der Waals surface area contributed by atoms with Crippen LogP contribution < -0.4 is 19.1 Å². The quantitative estimate of drug-likeness (QED) is 0.418. The summed E-state index contributed by atoms with van der Waals surface area (Å²) in [5.41, 5.74) is 2.71. The van der Waals surface area contributed by atoms with Crippen LogP contribution in [0.2, 0.25) is 0 Å². The summed E-state index contributed by atoms with van der Waals surface area (Å²) in [6, 6.07) is 10.7. The van der Waals surface area contributed by atoms with E-state index >= 15 is 0 Å². The number of ether oxygens (including phenoxy) is 4. The smallest absolute Gasteiger partial charge is 0.323 e. The molecule has 0 spiro atoms. The van der Waals surface area contributed by atoms with Crippen LogP contribution in [0.5, 0.6) is 17.2 Å². The number of aliphatic hydroxyl groups excluding tert-OH is 1. The summed E-state index contributed by atoms with van der Waals surface area (Å²) in [6.45, 7) is 1.08. The average molecular weight is 497 g/mol. The van der Waals surface area contributed by atoms with Gasteiger partial charge in [-0.3, -0.25) is 14.5 Å². The maximum atomic E-state index is 13.6.